The highest BCUT2D eigenvalue weighted by molar-refractivity contribution is 6.32. The highest BCUT2D eigenvalue weighted by Gasteiger charge is 2.34. The maximum Gasteiger partial charge on any atom is 0.250 e. The molecule has 2 bridgehead atoms. The van der Waals surface area contributed by atoms with Crippen LogP contribution in [0.1, 0.15) is 29.4 Å². The lowest BCUT2D eigenvalue weighted by atomic mass is 9.83. The largest absolute Gasteiger partial charge is 0.503 e. The van der Waals surface area contributed by atoms with Crippen molar-refractivity contribution >= 4 is 11.6 Å². The van der Waals surface area contributed by atoms with Crippen LogP contribution in [0, 0.1) is 5.92 Å². The normalized spacial score (nSPS) is 21.5. The Morgan fingerprint density at radius 1 is 0.927 bits per heavy atom. The van der Waals surface area contributed by atoms with Crippen LogP contribution < -0.4 is 15.7 Å². The minimum atomic E-state index is -0.322. The number of pyridine rings is 2. The molecule has 41 heavy (non-hydrogen) atoms. The van der Waals surface area contributed by atoms with Crippen LogP contribution in [0.4, 0.5) is 0 Å². The molecule has 6 rings (SSSR count). The third-order valence-corrected chi connectivity index (χ3v) is 9.23. The Morgan fingerprint density at radius 3 is 2.51 bits per heavy atom. The van der Waals surface area contributed by atoms with Gasteiger partial charge in [-0.1, -0.05) is 29.8 Å². The third kappa shape index (κ3) is 6.09. The average Bonchev–Trinajstić information content (AvgIpc) is 2.96. The molecule has 0 radical (unpaired) electrons. The number of piperazine rings is 1. The maximum absolute atomic E-state index is 12.8. The molecule has 0 aliphatic carbocycles. The molecule has 218 valence electrons. The molecule has 5 heterocycles. The van der Waals surface area contributed by atoms with E-state index in [1.54, 1.807) is 12.1 Å². The molecule has 0 amide bonds. The fourth-order valence-electron chi connectivity index (χ4n) is 6.71. The summed E-state index contributed by atoms with van der Waals surface area (Å²) in [5.41, 5.74) is 2.45. The van der Waals surface area contributed by atoms with Crippen LogP contribution in [0.5, 0.6) is 11.5 Å². The lowest BCUT2D eigenvalue weighted by molar-refractivity contribution is 0.107. The predicted molar refractivity (Wildman–Crippen MR) is 159 cm³/mol. The summed E-state index contributed by atoms with van der Waals surface area (Å²) in [4.78, 5) is 32.3. The minimum absolute atomic E-state index is 0.0856. The van der Waals surface area contributed by atoms with Crippen LogP contribution in [0.3, 0.4) is 0 Å². The quantitative estimate of drug-likeness (QED) is 0.439. The van der Waals surface area contributed by atoms with Crippen LogP contribution in [0.2, 0.25) is 5.02 Å². The number of piperidine rings is 1. The Balaban J connectivity index is 1.07. The zero-order valence-corrected chi connectivity index (χ0v) is 24.3. The topological polar surface area (TPSA) is 83.2 Å². The zero-order valence-electron chi connectivity index (χ0n) is 23.5. The summed E-state index contributed by atoms with van der Waals surface area (Å²) in [7, 11) is 1.95. The van der Waals surface area contributed by atoms with Gasteiger partial charge in [-0.15, -0.1) is 0 Å². The number of ether oxygens (including phenoxy) is 1. The molecule has 2 fully saturated rings. The summed E-state index contributed by atoms with van der Waals surface area (Å²) < 4.78 is 9.80. The molecule has 10 heteroatoms. The SMILES string of the molecule is Cn1c(CN2C[C@H]3C[C@@H](C2)c2cccc(=O)n2C3)cc(=O)c(O)c1CN1CCN(CCOc2ccccc2Cl)CC1. The van der Waals surface area contributed by atoms with Gasteiger partial charge in [-0.05, 0) is 30.5 Å². The molecule has 1 N–H and O–H groups in total. The van der Waals surface area contributed by atoms with E-state index in [9.17, 15) is 14.7 Å². The smallest absolute Gasteiger partial charge is 0.250 e. The molecular weight excluding hydrogens is 542 g/mol. The summed E-state index contributed by atoms with van der Waals surface area (Å²) in [5.74, 6) is 1.28. The molecule has 2 saturated heterocycles. The Hall–Kier alpha value is -3.11. The van der Waals surface area contributed by atoms with E-state index in [1.807, 2.05) is 46.5 Å². The molecule has 3 aromatic rings. The van der Waals surface area contributed by atoms with Crippen molar-refractivity contribution in [1.29, 1.82) is 0 Å². The average molecular weight is 580 g/mol. The monoisotopic (exact) mass is 579 g/mol. The van der Waals surface area contributed by atoms with Gasteiger partial charge in [-0.2, -0.15) is 0 Å². The highest BCUT2D eigenvalue weighted by Crippen LogP contribution is 2.35. The van der Waals surface area contributed by atoms with Gasteiger partial charge in [0.2, 0.25) is 5.43 Å². The first kappa shape index (κ1) is 28.0. The van der Waals surface area contributed by atoms with Gasteiger partial charge in [0.25, 0.3) is 5.56 Å². The van der Waals surface area contributed by atoms with Gasteiger partial charge in [0, 0.05) is 102 Å². The van der Waals surface area contributed by atoms with Crippen LogP contribution >= 0.6 is 11.6 Å². The molecule has 3 aliphatic rings. The Labute approximate surface area is 245 Å². The molecule has 0 saturated carbocycles. The zero-order chi connectivity index (χ0) is 28.5. The third-order valence-electron chi connectivity index (χ3n) is 8.92. The van der Waals surface area contributed by atoms with Gasteiger partial charge in [-0.3, -0.25) is 24.3 Å². The van der Waals surface area contributed by atoms with E-state index in [0.29, 0.717) is 48.0 Å². The predicted octanol–water partition coefficient (Wildman–Crippen LogP) is 2.72. The van der Waals surface area contributed by atoms with Crippen molar-refractivity contribution in [2.24, 2.45) is 13.0 Å². The number of nitrogens with zero attached hydrogens (tertiary/aromatic N) is 5. The van der Waals surface area contributed by atoms with Gasteiger partial charge < -0.3 is 19.0 Å². The molecule has 2 aromatic heterocycles. The maximum atomic E-state index is 12.8. The molecule has 9 nitrogen and oxygen atoms in total. The number of hydrogen-bond donors (Lipinski definition) is 1. The van der Waals surface area contributed by atoms with Crippen molar-refractivity contribution in [3.05, 3.63) is 91.2 Å². The first-order valence-electron chi connectivity index (χ1n) is 14.5. The first-order valence-corrected chi connectivity index (χ1v) is 14.9. The second-order valence-electron chi connectivity index (χ2n) is 11.6. The van der Waals surface area contributed by atoms with Gasteiger partial charge in [0.15, 0.2) is 5.75 Å². The van der Waals surface area contributed by atoms with Crippen molar-refractivity contribution in [3.8, 4) is 11.5 Å². The Bertz CT molecular complexity index is 1510. The van der Waals surface area contributed by atoms with E-state index in [4.69, 9.17) is 16.3 Å². The number of benzene rings is 1. The molecular formula is C31H38ClN5O4. The standard InChI is InChI=1S/C31H38ClN5O4/c1-33-24(20-36-17-22-15-23(19-36)26-6-4-8-30(39)37(26)18-22)16-28(38)31(40)27(33)21-35-11-9-34(10-12-35)13-14-41-29-7-3-2-5-25(29)32/h2-8,16,22-23,40H,9-15,17-21H2,1H3/t22-,23+/m1/s1. The fraction of sp³-hybridized carbons (Fsp3) is 0.484. The molecule has 2 atom stereocenters. The number of likely N-dealkylation sites (tertiary alicyclic amines) is 1. The number of aromatic nitrogens is 2. The second kappa shape index (κ2) is 12.0. The lowest BCUT2D eigenvalue weighted by Crippen LogP contribution is -2.47. The van der Waals surface area contributed by atoms with E-state index in [0.717, 1.165) is 70.2 Å². The van der Waals surface area contributed by atoms with E-state index in [1.165, 1.54) is 0 Å². The van der Waals surface area contributed by atoms with Gasteiger partial charge in [0.1, 0.15) is 12.4 Å². The first-order chi connectivity index (χ1) is 19.9. The van der Waals surface area contributed by atoms with Crippen LogP contribution in [0.15, 0.2) is 58.1 Å². The van der Waals surface area contributed by atoms with E-state index < -0.39 is 0 Å². The highest BCUT2D eigenvalue weighted by atomic mass is 35.5. The number of para-hydroxylation sites is 1. The summed E-state index contributed by atoms with van der Waals surface area (Å²) in [5, 5.41) is 11.4. The number of halogens is 1. The Kier molecular flexibility index (Phi) is 8.21. The fourth-order valence-corrected chi connectivity index (χ4v) is 6.90. The number of hydrogen-bond acceptors (Lipinski definition) is 7. The van der Waals surface area contributed by atoms with E-state index >= 15 is 0 Å². The van der Waals surface area contributed by atoms with Crippen molar-refractivity contribution < 1.29 is 9.84 Å². The van der Waals surface area contributed by atoms with Crippen LogP contribution in [-0.4, -0.2) is 81.4 Å². The molecule has 1 aromatic carbocycles. The van der Waals surface area contributed by atoms with Gasteiger partial charge >= 0.3 is 0 Å². The van der Waals surface area contributed by atoms with Crippen LogP contribution in [0.25, 0.3) is 0 Å². The summed E-state index contributed by atoms with van der Waals surface area (Å²) in [6, 6.07) is 14.7. The molecule has 0 unspecified atom stereocenters. The number of aromatic hydroxyl groups is 1. The summed E-state index contributed by atoms with van der Waals surface area (Å²) in [6.07, 6.45) is 1.10. The lowest BCUT2D eigenvalue weighted by Gasteiger charge is -2.43. The molecule has 0 spiro atoms. The van der Waals surface area contributed by atoms with E-state index in [2.05, 4.69) is 20.8 Å². The van der Waals surface area contributed by atoms with E-state index in [-0.39, 0.29) is 16.7 Å². The van der Waals surface area contributed by atoms with Crippen molar-refractivity contribution in [3.63, 3.8) is 0 Å². The number of fused-ring (bicyclic) bond motifs is 4. The molecule has 3 aliphatic heterocycles. The second-order valence-corrected chi connectivity index (χ2v) is 12.1. The Morgan fingerprint density at radius 2 is 1.71 bits per heavy atom. The summed E-state index contributed by atoms with van der Waals surface area (Å²) in [6.45, 7) is 8.52. The van der Waals surface area contributed by atoms with Crippen molar-refractivity contribution in [2.45, 2.75) is 32.0 Å². The van der Waals surface area contributed by atoms with Crippen LogP contribution in [-0.2, 0) is 26.7 Å². The van der Waals surface area contributed by atoms with Crippen molar-refractivity contribution in [1.82, 2.24) is 23.8 Å². The van der Waals surface area contributed by atoms with Crippen molar-refractivity contribution in [2.75, 3.05) is 52.4 Å². The number of rotatable bonds is 8. The van der Waals surface area contributed by atoms with Gasteiger partial charge in [0.05, 0.1) is 10.7 Å². The summed E-state index contributed by atoms with van der Waals surface area (Å²) >= 11 is 6.19. The van der Waals surface area contributed by atoms with Gasteiger partial charge in [-0.25, -0.2) is 0 Å². The minimum Gasteiger partial charge on any atom is -0.503 e.